The highest BCUT2D eigenvalue weighted by Crippen LogP contribution is 2.26. The SMILES string of the molecule is CC(C)(C)OC(=O)c1ccc2c(c1)NC(CC(=O)[O-])CN(CCc1ccccc1)C2. The number of rotatable bonds is 6. The third kappa shape index (κ3) is 6.32. The van der Waals surface area contributed by atoms with Gasteiger partial charge in [-0.15, -0.1) is 0 Å². The van der Waals surface area contributed by atoms with E-state index in [2.05, 4.69) is 22.3 Å². The molecule has 2 aromatic carbocycles. The molecule has 2 aromatic rings. The lowest BCUT2D eigenvalue weighted by atomic mass is 10.1. The Balaban J connectivity index is 1.79. The van der Waals surface area contributed by atoms with Crippen LogP contribution in [0.25, 0.3) is 0 Å². The Hall–Kier alpha value is -2.86. The molecule has 160 valence electrons. The van der Waals surface area contributed by atoms with E-state index in [1.54, 1.807) is 12.1 Å². The van der Waals surface area contributed by atoms with Crippen molar-refractivity contribution in [2.24, 2.45) is 0 Å². The maximum absolute atomic E-state index is 12.5. The van der Waals surface area contributed by atoms with Crippen LogP contribution in [-0.4, -0.2) is 41.6 Å². The van der Waals surface area contributed by atoms with E-state index in [0.717, 1.165) is 24.2 Å². The molecule has 0 aliphatic carbocycles. The minimum Gasteiger partial charge on any atom is -0.550 e. The standard InChI is InChI=1S/C24H30N2O4/c1-24(2,3)30-23(29)18-9-10-19-15-26(12-11-17-7-5-4-6-8-17)16-20(14-22(27)28)25-21(19)13-18/h4-10,13,20,25H,11-12,14-16H2,1-3H3,(H,27,28)/p-1. The number of esters is 1. The Morgan fingerprint density at radius 3 is 2.57 bits per heavy atom. The maximum atomic E-state index is 12.5. The predicted molar refractivity (Wildman–Crippen MR) is 114 cm³/mol. The number of carboxylic acids is 1. The van der Waals surface area contributed by atoms with Crippen LogP contribution < -0.4 is 10.4 Å². The predicted octanol–water partition coefficient (Wildman–Crippen LogP) is 2.62. The van der Waals surface area contributed by atoms with Crippen molar-refractivity contribution in [3.63, 3.8) is 0 Å². The molecule has 0 bridgehead atoms. The van der Waals surface area contributed by atoms with E-state index >= 15 is 0 Å². The molecule has 1 atom stereocenters. The molecule has 0 aromatic heterocycles. The molecule has 0 radical (unpaired) electrons. The molecule has 0 spiro atoms. The number of nitrogens with one attached hydrogen (secondary N) is 1. The summed E-state index contributed by atoms with van der Waals surface area (Å²) in [5.74, 6) is -1.49. The van der Waals surface area contributed by atoms with Crippen LogP contribution in [-0.2, 0) is 22.5 Å². The molecule has 6 nitrogen and oxygen atoms in total. The Morgan fingerprint density at radius 2 is 1.90 bits per heavy atom. The van der Waals surface area contributed by atoms with Crippen LogP contribution in [0.4, 0.5) is 5.69 Å². The molecule has 0 fully saturated rings. The van der Waals surface area contributed by atoms with Gasteiger partial charge in [-0.05, 0) is 50.5 Å². The van der Waals surface area contributed by atoms with Gasteiger partial charge in [0.05, 0.1) is 5.56 Å². The molecule has 0 amide bonds. The number of carboxylic acid groups (broad SMARTS) is 1. The molecule has 1 N–H and O–H groups in total. The Labute approximate surface area is 177 Å². The maximum Gasteiger partial charge on any atom is 0.338 e. The van der Waals surface area contributed by atoms with Gasteiger partial charge in [-0.2, -0.15) is 0 Å². The third-order valence-electron chi connectivity index (χ3n) is 4.95. The Kier molecular flexibility index (Phi) is 6.77. The minimum atomic E-state index is -1.10. The van der Waals surface area contributed by atoms with Crippen molar-refractivity contribution >= 4 is 17.6 Å². The molecular formula is C24H29N2O4-. The highest BCUT2D eigenvalue weighted by molar-refractivity contribution is 5.91. The van der Waals surface area contributed by atoms with Gasteiger partial charge in [0.1, 0.15) is 5.60 Å². The first-order chi connectivity index (χ1) is 14.2. The number of nitrogens with zero attached hydrogens (tertiary/aromatic N) is 1. The van der Waals surface area contributed by atoms with Crippen LogP contribution in [0.15, 0.2) is 48.5 Å². The smallest absolute Gasteiger partial charge is 0.338 e. The first kappa shape index (κ1) is 21.8. The average molecular weight is 410 g/mol. The number of benzene rings is 2. The van der Waals surface area contributed by atoms with Crippen molar-refractivity contribution in [1.29, 1.82) is 0 Å². The number of aliphatic carboxylic acids is 1. The molecule has 0 saturated heterocycles. The summed E-state index contributed by atoms with van der Waals surface area (Å²) in [5.41, 5.74) is 2.90. The number of hydrogen-bond acceptors (Lipinski definition) is 6. The van der Waals surface area contributed by atoms with E-state index in [-0.39, 0.29) is 12.5 Å². The van der Waals surface area contributed by atoms with E-state index in [1.807, 2.05) is 45.0 Å². The van der Waals surface area contributed by atoms with Crippen molar-refractivity contribution in [2.45, 2.75) is 51.8 Å². The lowest BCUT2D eigenvalue weighted by Crippen LogP contribution is -2.39. The Bertz CT molecular complexity index is 890. The lowest BCUT2D eigenvalue weighted by Gasteiger charge is -2.25. The quantitative estimate of drug-likeness (QED) is 0.739. The number of carbonyl (C=O) groups is 2. The zero-order valence-electron chi connectivity index (χ0n) is 17.8. The second-order valence-electron chi connectivity index (χ2n) is 8.76. The van der Waals surface area contributed by atoms with Crippen LogP contribution in [0.5, 0.6) is 0 Å². The van der Waals surface area contributed by atoms with Crippen molar-refractivity contribution < 1.29 is 19.4 Å². The molecule has 30 heavy (non-hydrogen) atoms. The summed E-state index contributed by atoms with van der Waals surface area (Å²) < 4.78 is 5.46. The topological polar surface area (TPSA) is 81.7 Å². The third-order valence-corrected chi connectivity index (χ3v) is 4.95. The van der Waals surface area contributed by atoms with Gasteiger partial charge in [0, 0.05) is 43.8 Å². The van der Waals surface area contributed by atoms with Crippen LogP contribution in [0.3, 0.4) is 0 Å². The minimum absolute atomic E-state index is 0.0993. The van der Waals surface area contributed by atoms with Crippen LogP contribution in [0.2, 0.25) is 0 Å². The summed E-state index contributed by atoms with van der Waals surface area (Å²) in [5, 5.41) is 14.6. The first-order valence-corrected chi connectivity index (χ1v) is 10.3. The van der Waals surface area contributed by atoms with Gasteiger partial charge in [-0.3, -0.25) is 4.90 Å². The zero-order chi connectivity index (χ0) is 21.7. The molecule has 0 saturated carbocycles. The van der Waals surface area contributed by atoms with Gasteiger partial charge in [0.25, 0.3) is 0 Å². The Morgan fingerprint density at radius 1 is 1.17 bits per heavy atom. The summed E-state index contributed by atoms with van der Waals surface area (Å²) in [7, 11) is 0. The second-order valence-corrected chi connectivity index (χ2v) is 8.76. The molecule has 1 unspecified atom stereocenters. The van der Waals surface area contributed by atoms with Crippen LogP contribution in [0, 0.1) is 0 Å². The summed E-state index contributed by atoms with van der Waals surface area (Å²) >= 11 is 0. The molecule has 1 aliphatic heterocycles. The van der Waals surface area contributed by atoms with Crippen LogP contribution >= 0.6 is 0 Å². The average Bonchev–Trinajstić information content (AvgIpc) is 2.83. The van der Waals surface area contributed by atoms with Crippen molar-refractivity contribution in [1.82, 2.24) is 4.90 Å². The number of anilines is 1. The molecule has 6 heteroatoms. The van der Waals surface area contributed by atoms with E-state index in [9.17, 15) is 14.7 Å². The van der Waals surface area contributed by atoms with Gasteiger partial charge >= 0.3 is 5.97 Å². The fraction of sp³-hybridized carbons (Fsp3) is 0.417. The van der Waals surface area contributed by atoms with E-state index < -0.39 is 17.5 Å². The van der Waals surface area contributed by atoms with Crippen LogP contribution in [0.1, 0.15) is 48.7 Å². The summed E-state index contributed by atoms with van der Waals surface area (Å²) in [6, 6.07) is 15.4. The molecular weight excluding hydrogens is 380 g/mol. The summed E-state index contributed by atoms with van der Waals surface area (Å²) in [4.78, 5) is 26.0. The fourth-order valence-electron chi connectivity index (χ4n) is 3.61. The molecule has 1 heterocycles. The second kappa shape index (κ2) is 9.30. The van der Waals surface area contributed by atoms with Crippen molar-refractivity contribution in [3.05, 3.63) is 65.2 Å². The van der Waals surface area contributed by atoms with E-state index in [1.165, 1.54) is 5.56 Å². The summed E-state index contributed by atoms with van der Waals surface area (Å²) in [6.45, 7) is 7.54. The monoisotopic (exact) mass is 409 g/mol. The van der Waals surface area contributed by atoms with Gasteiger partial charge in [-0.25, -0.2) is 4.79 Å². The van der Waals surface area contributed by atoms with Gasteiger partial charge in [0.15, 0.2) is 0 Å². The van der Waals surface area contributed by atoms with Gasteiger partial charge < -0.3 is 20.0 Å². The largest absolute Gasteiger partial charge is 0.550 e. The highest BCUT2D eigenvalue weighted by Gasteiger charge is 2.24. The fourth-order valence-corrected chi connectivity index (χ4v) is 3.61. The number of fused-ring (bicyclic) bond motifs is 1. The van der Waals surface area contributed by atoms with Gasteiger partial charge in [0.2, 0.25) is 0 Å². The normalized spacial score (nSPS) is 16.8. The molecule has 3 rings (SSSR count). The highest BCUT2D eigenvalue weighted by atomic mass is 16.6. The number of ether oxygens (including phenoxy) is 1. The lowest BCUT2D eigenvalue weighted by molar-refractivity contribution is -0.306. The number of carbonyl (C=O) groups excluding carboxylic acids is 2. The summed E-state index contributed by atoms with van der Waals surface area (Å²) in [6.07, 6.45) is 0.780. The van der Waals surface area contributed by atoms with Crippen molar-refractivity contribution in [2.75, 3.05) is 18.4 Å². The van der Waals surface area contributed by atoms with Gasteiger partial charge in [-0.1, -0.05) is 36.4 Å². The zero-order valence-corrected chi connectivity index (χ0v) is 17.8. The molecule has 1 aliphatic rings. The van der Waals surface area contributed by atoms with Crippen molar-refractivity contribution in [3.8, 4) is 0 Å². The first-order valence-electron chi connectivity index (χ1n) is 10.3. The number of hydrogen-bond donors (Lipinski definition) is 1. The van der Waals surface area contributed by atoms with E-state index in [0.29, 0.717) is 18.7 Å². The van der Waals surface area contributed by atoms with E-state index in [4.69, 9.17) is 4.74 Å².